The molecule has 0 aliphatic carbocycles. The lowest BCUT2D eigenvalue weighted by Crippen LogP contribution is -2.18. The van der Waals surface area contributed by atoms with Crippen LogP contribution >= 0.6 is 11.6 Å². The molecule has 0 saturated heterocycles. The van der Waals surface area contributed by atoms with Crippen LogP contribution < -0.4 is 0 Å². The van der Waals surface area contributed by atoms with Crippen LogP contribution in [0.4, 0.5) is 4.39 Å². The number of rotatable bonds is 2. The number of benzene rings is 1. The molecule has 0 spiro atoms. The van der Waals surface area contributed by atoms with Crippen molar-refractivity contribution in [3.63, 3.8) is 0 Å². The summed E-state index contributed by atoms with van der Waals surface area (Å²) in [5.74, 6) is -1.08. The minimum atomic E-state index is -0.577. The monoisotopic (exact) mass is 310 g/mol. The Morgan fingerprint density at radius 2 is 2.05 bits per heavy atom. The number of ether oxygens (including phenoxy) is 1. The predicted octanol–water partition coefficient (Wildman–Crippen LogP) is 3.75. The average Bonchev–Trinajstić information content (AvgIpc) is 2.82. The van der Waals surface area contributed by atoms with Crippen LogP contribution in [0.2, 0.25) is 5.02 Å². The topological polar surface area (TPSA) is 44.1 Å². The highest BCUT2D eigenvalue weighted by atomic mass is 35.5. The highest BCUT2D eigenvalue weighted by Gasteiger charge is 2.26. The molecule has 4 nitrogen and oxygen atoms in total. The Kier molecular flexibility index (Phi) is 4.05. The van der Waals surface area contributed by atoms with Gasteiger partial charge in [0, 0.05) is 5.41 Å². The molecule has 0 atom stereocenters. The Balaban J connectivity index is 2.73. The van der Waals surface area contributed by atoms with Crippen LogP contribution in [0, 0.1) is 5.82 Å². The van der Waals surface area contributed by atoms with Gasteiger partial charge >= 0.3 is 5.97 Å². The number of carbonyl (C=O) groups is 1. The molecule has 1 aromatic carbocycles. The zero-order valence-corrected chi connectivity index (χ0v) is 13.0. The van der Waals surface area contributed by atoms with E-state index in [-0.39, 0.29) is 21.8 Å². The van der Waals surface area contributed by atoms with E-state index >= 15 is 0 Å². The van der Waals surface area contributed by atoms with Gasteiger partial charge in [-0.15, -0.1) is 0 Å². The minimum absolute atomic E-state index is 0.113. The number of nitrogens with zero attached hydrogens (tertiary/aromatic N) is 2. The number of methoxy groups -OCH3 is 1. The van der Waals surface area contributed by atoms with Crippen molar-refractivity contribution in [1.29, 1.82) is 0 Å². The summed E-state index contributed by atoms with van der Waals surface area (Å²) in [5.41, 5.74) is 0.543. The Morgan fingerprint density at radius 1 is 1.38 bits per heavy atom. The molecule has 2 rings (SSSR count). The van der Waals surface area contributed by atoms with E-state index in [9.17, 15) is 9.18 Å². The maximum atomic E-state index is 14.1. The van der Waals surface area contributed by atoms with Gasteiger partial charge in [-0.25, -0.2) is 13.9 Å². The molecule has 2 aromatic rings. The normalized spacial score (nSPS) is 11.5. The van der Waals surface area contributed by atoms with E-state index in [1.54, 1.807) is 12.1 Å². The van der Waals surface area contributed by atoms with Crippen molar-refractivity contribution in [2.45, 2.75) is 26.2 Å². The third-order valence-electron chi connectivity index (χ3n) is 3.02. The molecule has 21 heavy (non-hydrogen) atoms. The Labute approximate surface area is 127 Å². The highest BCUT2D eigenvalue weighted by molar-refractivity contribution is 6.32. The lowest BCUT2D eigenvalue weighted by molar-refractivity contribution is 0.0593. The summed E-state index contributed by atoms with van der Waals surface area (Å²) in [6.07, 6.45) is 0. The highest BCUT2D eigenvalue weighted by Crippen LogP contribution is 2.30. The quantitative estimate of drug-likeness (QED) is 0.794. The molecule has 0 N–H and O–H groups in total. The third-order valence-corrected chi connectivity index (χ3v) is 3.33. The van der Waals surface area contributed by atoms with Crippen LogP contribution in [0.3, 0.4) is 0 Å². The predicted molar refractivity (Wildman–Crippen MR) is 78.6 cm³/mol. The summed E-state index contributed by atoms with van der Waals surface area (Å²) < 4.78 is 20.2. The summed E-state index contributed by atoms with van der Waals surface area (Å²) in [6, 6.07) is 5.98. The van der Waals surface area contributed by atoms with Crippen molar-refractivity contribution in [1.82, 2.24) is 9.78 Å². The molecule has 0 unspecified atom stereocenters. The van der Waals surface area contributed by atoms with E-state index < -0.39 is 11.8 Å². The molecule has 0 aliphatic rings. The van der Waals surface area contributed by atoms with E-state index in [2.05, 4.69) is 9.84 Å². The molecule has 0 aliphatic heterocycles. The van der Waals surface area contributed by atoms with Crippen molar-refractivity contribution in [2.24, 2.45) is 0 Å². The number of aromatic nitrogens is 2. The van der Waals surface area contributed by atoms with Crippen molar-refractivity contribution in [2.75, 3.05) is 7.11 Å². The zero-order valence-electron chi connectivity index (χ0n) is 12.3. The fourth-order valence-corrected chi connectivity index (χ4v) is 2.22. The van der Waals surface area contributed by atoms with Gasteiger partial charge < -0.3 is 4.74 Å². The zero-order chi connectivity index (χ0) is 15.8. The van der Waals surface area contributed by atoms with Crippen molar-refractivity contribution in [3.8, 4) is 5.69 Å². The number of hydrogen-bond donors (Lipinski definition) is 0. The van der Waals surface area contributed by atoms with Crippen LogP contribution in [-0.4, -0.2) is 22.9 Å². The smallest absolute Gasteiger partial charge is 0.358 e. The van der Waals surface area contributed by atoms with Crippen LogP contribution in [0.1, 0.15) is 37.0 Å². The second-order valence-corrected chi connectivity index (χ2v) is 6.05. The van der Waals surface area contributed by atoms with E-state index in [0.29, 0.717) is 5.69 Å². The van der Waals surface area contributed by atoms with E-state index in [1.807, 2.05) is 20.8 Å². The van der Waals surface area contributed by atoms with Gasteiger partial charge in [0.05, 0.1) is 17.8 Å². The first-order valence-corrected chi connectivity index (χ1v) is 6.76. The molecule has 1 heterocycles. The molecular formula is C15H16ClFN2O2. The van der Waals surface area contributed by atoms with E-state index in [0.717, 1.165) is 0 Å². The molecular weight excluding hydrogens is 295 g/mol. The first-order chi connectivity index (χ1) is 9.75. The van der Waals surface area contributed by atoms with Crippen molar-refractivity contribution in [3.05, 3.63) is 46.5 Å². The van der Waals surface area contributed by atoms with Crippen LogP contribution in [0.5, 0.6) is 0 Å². The van der Waals surface area contributed by atoms with Gasteiger partial charge in [0.15, 0.2) is 5.69 Å². The first kappa shape index (κ1) is 15.5. The number of para-hydroxylation sites is 1. The largest absolute Gasteiger partial charge is 0.464 e. The maximum absolute atomic E-state index is 14.1. The number of halogens is 2. The van der Waals surface area contributed by atoms with Gasteiger partial charge in [-0.2, -0.15) is 5.10 Å². The molecule has 112 valence electrons. The van der Waals surface area contributed by atoms with Crippen molar-refractivity contribution >= 4 is 17.6 Å². The fourth-order valence-electron chi connectivity index (χ4n) is 1.98. The molecule has 0 fully saturated rings. The van der Waals surface area contributed by atoms with E-state index in [1.165, 1.54) is 23.9 Å². The fraction of sp³-hybridized carbons (Fsp3) is 0.333. The van der Waals surface area contributed by atoms with Crippen LogP contribution in [0.25, 0.3) is 5.69 Å². The summed E-state index contributed by atoms with van der Waals surface area (Å²) in [6.45, 7) is 5.82. The summed E-state index contributed by atoms with van der Waals surface area (Å²) in [5, 5.41) is 4.38. The second-order valence-electron chi connectivity index (χ2n) is 5.64. The first-order valence-electron chi connectivity index (χ1n) is 6.39. The summed E-state index contributed by atoms with van der Waals surface area (Å²) in [4.78, 5) is 11.7. The molecule has 6 heteroatoms. The molecule has 0 saturated carbocycles. The summed E-state index contributed by atoms with van der Waals surface area (Å²) in [7, 11) is 1.27. The van der Waals surface area contributed by atoms with E-state index in [4.69, 9.17) is 11.6 Å². The maximum Gasteiger partial charge on any atom is 0.358 e. The Hall–Kier alpha value is -1.88. The minimum Gasteiger partial charge on any atom is -0.464 e. The number of carbonyl (C=O) groups excluding carboxylic acids is 1. The lowest BCUT2D eigenvalue weighted by atomic mass is 9.91. The number of esters is 1. The Morgan fingerprint density at radius 3 is 2.57 bits per heavy atom. The van der Waals surface area contributed by atoms with Crippen molar-refractivity contribution < 1.29 is 13.9 Å². The number of hydrogen-bond acceptors (Lipinski definition) is 3. The molecule has 0 radical (unpaired) electrons. The lowest BCUT2D eigenvalue weighted by Gasteiger charge is -2.20. The Bertz CT molecular complexity index is 669. The van der Waals surface area contributed by atoms with Crippen LogP contribution in [-0.2, 0) is 10.2 Å². The van der Waals surface area contributed by atoms with Gasteiger partial charge in [0.25, 0.3) is 0 Å². The molecule has 0 amide bonds. The van der Waals surface area contributed by atoms with Gasteiger partial charge in [0.1, 0.15) is 11.5 Å². The molecule has 0 bridgehead atoms. The second kappa shape index (κ2) is 5.48. The third kappa shape index (κ3) is 2.93. The summed E-state index contributed by atoms with van der Waals surface area (Å²) >= 11 is 6.09. The standard InChI is InChI=1S/C15H16ClFN2O2/c1-15(2,3)12-8-11(14(20)21-4)18-19(12)13-9(16)6-5-7-10(13)17/h5-8H,1-4H3. The SMILES string of the molecule is COC(=O)c1cc(C(C)(C)C)n(-c2c(F)cccc2Cl)n1. The van der Waals surface area contributed by atoms with Gasteiger partial charge in [0.2, 0.25) is 0 Å². The van der Waals surface area contributed by atoms with Crippen LogP contribution in [0.15, 0.2) is 24.3 Å². The van der Waals surface area contributed by atoms with Gasteiger partial charge in [-0.3, -0.25) is 0 Å². The van der Waals surface area contributed by atoms with Gasteiger partial charge in [-0.05, 0) is 18.2 Å². The molecule has 1 aromatic heterocycles. The van der Waals surface area contributed by atoms with Gasteiger partial charge in [-0.1, -0.05) is 38.4 Å². The average molecular weight is 311 g/mol.